The van der Waals surface area contributed by atoms with Crippen molar-refractivity contribution in [3.05, 3.63) is 70.1 Å². The zero-order valence-electron chi connectivity index (χ0n) is 14.7. The number of para-hydroxylation sites is 2. The third-order valence-corrected chi connectivity index (χ3v) is 4.52. The normalized spacial score (nSPS) is 11.0. The maximum atomic E-state index is 12.5. The number of aryl methyl sites for hydroxylation is 2. The lowest BCUT2D eigenvalue weighted by atomic mass is 10.1. The summed E-state index contributed by atoms with van der Waals surface area (Å²) in [6.45, 7) is 5.18. The van der Waals surface area contributed by atoms with Gasteiger partial charge in [-0.2, -0.15) is 0 Å². The van der Waals surface area contributed by atoms with Gasteiger partial charge in [0.25, 0.3) is 0 Å². The molecule has 130 valence electrons. The molecule has 0 fully saturated rings. The van der Waals surface area contributed by atoms with Gasteiger partial charge in [-0.1, -0.05) is 36.4 Å². The van der Waals surface area contributed by atoms with Gasteiger partial charge < -0.3 is 5.32 Å². The molecule has 3 rings (SSSR count). The first-order chi connectivity index (χ1) is 12.1. The van der Waals surface area contributed by atoms with Gasteiger partial charge in [0.15, 0.2) is 0 Å². The fourth-order valence-corrected chi connectivity index (χ4v) is 3.16. The van der Waals surface area contributed by atoms with Gasteiger partial charge in [-0.3, -0.25) is 13.9 Å². The van der Waals surface area contributed by atoms with E-state index in [0.29, 0.717) is 13.1 Å². The lowest BCUT2D eigenvalue weighted by Crippen LogP contribution is -2.34. The molecular weight excluding hydrogens is 314 g/mol. The van der Waals surface area contributed by atoms with Gasteiger partial charge in [0.1, 0.15) is 6.54 Å². The van der Waals surface area contributed by atoms with Crippen molar-refractivity contribution in [1.82, 2.24) is 14.5 Å². The van der Waals surface area contributed by atoms with Crippen molar-refractivity contribution in [1.29, 1.82) is 0 Å². The predicted molar refractivity (Wildman–Crippen MR) is 99.8 cm³/mol. The number of rotatable bonds is 6. The molecule has 0 atom stereocenters. The van der Waals surface area contributed by atoms with E-state index in [9.17, 15) is 9.59 Å². The zero-order valence-corrected chi connectivity index (χ0v) is 14.7. The summed E-state index contributed by atoms with van der Waals surface area (Å²) in [7, 11) is 0. The predicted octanol–water partition coefficient (Wildman–Crippen LogP) is 2.49. The van der Waals surface area contributed by atoms with E-state index < -0.39 is 0 Å². The quantitative estimate of drug-likeness (QED) is 0.751. The van der Waals surface area contributed by atoms with Gasteiger partial charge in [-0.05, 0) is 43.5 Å². The van der Waals surface area contributed by atoms with Crippen molar-refractivity contribution >= 4 is 16.9 Å². The number of amides is 1. The first-order valence-corrected chi connectivity index (χ1v) is 8.61. The summed E-state index contributed by atoms with van der Waals surface area (Å²) in [5.74, 6) is -0.144. The van der Waals surface area contributed by atoms with Crippen LogP contribution < -0.4 is 11.0 Å². The van der Waals surface area contributed by atoms with Crippen LogP contribution in [0.1, 0.15) is 18.1 Å². The fraction of sp³-hybridized carbons (Fsp3) is 0.300. The molecule has 0 aliphatic carbocycles. The Kier molecular flexibility index (Phi) is 5.03. The lowest BCUT2D eigenvalue weighted by Gasteiger charge is -2.08. The number of nitrogens with zero attached hydrogens (tertiary/aromatic N) is 2. The second-order valence-corrected chi connectivity index (χ2v) is 6.13. The molecule has 0 spiro atoms. The molecule has 0 saturated heterocycles. The Balaban J connectivity index is 1.69. The highest BCUT2D eigenvalue weighted by molar-refractivity contribution is 5.80. The Morgan fingerprint density at radius 3 is 2.32 bits per heavy atom. The number of fused-ring (bicyclic) bond motifs is 1. The SMILES string of the molecule is CCn1c(=O)n(CC(=O)NCCc2ccccc2C)c2ccccc21. The standard InChI is InChI=1S/C20H23N3O2/c1-3-22-17-10-6-7-11-18(17)23(20(22)25)14-19(24)21-13-12-16-9-5-4-8-15(16)2/h4-11H,3,12-14H2,1-2H3,(H,21,24). The Labute approximate surface area is 146 Å². The smallest absolute Gasteiger partial charge is 0.329 e. The van der Waals surface area contributed by atoms with Gasteiger partial charge >= 0.3 is 5.69 Å². The maximum Gasteiger partial charge on any atom is 0.329 e. The number of carbonyl (C=O) groups is 1. The van der Waals surface area contributed by atoms with Gasteiger partial charge in [-0.25, -0.2) is 4.79 Å². The van der Waals surface area contributed by atoms with Gasteiger partial charge in [-0.15, -0.1) is 0 Å². The third kappa shape index (κ3) is 3.50. The van der Waals surface area contributed by atoms with Crippen LogP contribution in [0, 0.1) is 6.92 Å². The average Bonchev–Trinajstić information content (AvgIpc) is 2.88. The Morgan fingerprint density at radius 1 is 1.00 bits per heavy atom. The minimum absolute atomic E-state index is 0.0418. The van der Waals surface area contributed by atoms with E-state index in [-0.39, 0.29) is 18.1 Å². The maximum absolute atomic E-state index is 12.5. The Hall–Kier alpha value is -2.82. The summed E-state index contributed by atoms with van der Waals surface area (Å²) in [5.41, 5.74) is 3.96. The Bertz CT molecular complexity index is 953. The van der Waals surface area contributed by atoms with Crippen LogP contribution in [0.5, 0.6) is 0 Å². The summed E-state index contributed by atoms with van der Waals surface area (Å²) in [6, 6.07) is 15.7. The number of hydrogen-bond donors (Lipinski definition) is 1. The zero-order chi connectivity index (χ0) is 17.8. The highest BCUT2D eigenvalue weighted by Crippen LogP contribution is 2.12. The largest absolute Gasteiger partial charge is 0.354 e. The van der Waals surface area contributed by atoms with E-state index in [1.54, 1.807) is 9.13 Å². The highest BCUT2D eigenvalue weighted by Gasteiger charge is 2.14. The van der Waals surface area contributed by atoms with Gasteiger partial charge in [0, 0.05) is 13.1 Å². The van der Waals surface area contributed by atoms with Crippen LogP contribution in [0.25, 0.3) is 11.0 Å². The fourth-order valence-electron chi connectivity index (χ4n) is 3.16. The van der Waals surface area contributed by atoms with Crippen molar-refractivity contribution < 1.29 is 4.79 Å². The molecule has 0 saturated carbocycles. The molecule has 1 heterocycles. The lowest BCUT2D eigenvalue weighted by molar-refractivity contribution is -0.121. The summed E-state index contributed by atoms with van der Waals surface area (Å²) in [5, 5.41) is 2.92. The summed E-state index contributed by atoms with van der Waals surface area (Å²) in [4.78, 5) is 24.8. The molecule has 0 bridgehead atoms. The number of nitrogens with one attached hydrogen (secondary N) is 1. The molecule has 3 aromatic rings. The molecule has 0 aliphatic rings. The molecule has 5 heteroatoms. The number of benzene rings is 2. The van der Waals surface area contributed by atoms with Crippen LogP contribution in [0.2, 0.25) is 0 Å². The van der Waals surface area contributed by atoms with Crippen LogP contribution in [0.4, 0.5) is 0 Å². The monoisotopic (exact) mass is 337 g/mol. The Morgan fingerprint density at radius 2 is 1.64 bits per heavy atom. The molecule has 2 aromatic carbocycles. The minimum Gasteiger partial charge on any atom is -0.354 e. The topological polar surface area (TPSA) is 56.0 Å². The second-order valence-electron chi connectivity index (χ2n) is 6.13. The van der Waals surface area contributed by atoms with Crippen LogP contribution in [-0.4, -0.2) is 21.6 Å². The molecule has 1 aromatic heterocycles. The van der Waals surface area contributed by atoms with Crippen molar-refractivity contribution in [2.24, 2.45) is 0 Å². The average molecular weight is 337 g/mol. The molecular formula is C20H23N3O2. The van der Waals surface area contributed by atoms with E-state index in [0.717, 1.165) is 17.5 Å². The number of aromatic nitrogens is 2. The van der Waals surface area contributed by atoms with E-state index in [2.05, 4.69) is 24.4 Å². The van der Waals surface area contributed by atoms with Crippen LogP contribution in [0.3, 0.4) is 0 Å². The van der Waals surface area contributed by atoms with Crippen molar-refractivity contribution in [2.45, 2.75) is 33.4 Å². The molecule has 0 radical (unpaired) electrons. The van der Waals surface area contributed by atoms with Crippen molar-refractivity contribution in [3.63, 3.8) is 0 Å². The van der Waals surface area contributed by atoms with Crippen molar-refractivity contribution in [2.75, 3.05) is 6.54 Å². The van der Waals surface area contributed by atoms with E-state index in [1.807, 2.05) is 43.3 Å². The molecule has 25 heavy (non-hydrogen) atoms. The van der Waals surface area contributed by atoms with Gasteiger partial charge in [0.2, 0.25) is 5.91 Å². The highest BCUT2D eigenvalue weighted by atomic mass is 16.2. The van der Waals surface area contributed by atoms with Crippen LogP contribution in [0.15, 0.2) is 53.3 Å². The first-order valence-electron chi connectivity index (χ1n) is 8.61. The first kappa shape index (κ1) is 17.0. The third-order valence-electron chi connectivity index (χ3n) is 4.52. The van der Waals surface area contributed by atoms with E-state index in [1.165, 1.54) is 11.1 Å². The molecule has 0 aliphatic heterocycles. The summed E-state index contributed by atoms with van der Waals surface area (Å²) >= 11 is 0. The summed E-state index contributed by atoms with van der Waals surface area (Å²) < 4.78 is 3.23. The minimum atomic E-state index is -0.144. The molecule has 5 nitrogen and oxygen atoms in total. The molecule has 1 N–H and O–H groups in total. The number of imidazole rings is 1. The molecule has 0 unspecified atom stereocenters. The van der Waals surface area contributed by atoms with Crippen LogP contribution >= 0.6 is 0 Å². The van der Waals surface area contributed by atoms with Gasteiger partial charge in [0.05, 0.1) is 11.0 Å². The van der Waals surface area contributed by atoms with E-state index in [4.69, 9.17) is 0 Å². The molecule has 1 amide bonds. The van der Waals surface area contributed by atoms with Crippen LogP contribution in [-0.2, 0) is 24.3 Å². The summed E-state index contributed by atoms with van der Waals surface area (Å²) in [6.07, 6.45) is 0.782. The van der Waals surface area contributed by atoms with E-state index >= 15 is 0 Å². The number of hydrogen-bond acceptors (Lipinski definition) is 2. The van der Waals surface area contributed by atoms with Crippen molar-refractivity contribution in [3.8, 4) is 0 Å². The second kappa shape index (κ2) is 7.38. The number of carbonyl (C=O) groups excluding carboxylic acids is 1.